The van der Waals surface area contributed by atoms with Crippen LogP contribution in [0.3, 0.4) is 0 Å². The topological polar surface area (TPSA) is 49.4 Å². The molecule has 2 rings (SSSR count). The Morgan fingerprint density at radius 1 is 1.10 bits per heavy atom. The van der Waals surface area contributed by atoms with E-state index in [2.05, 4.69) is 5.32 Å². The number of sulfonamides is 1. The molecule has 4 nitrogen and oxygen atoms in total. The van der Waals surface area contributed by atoms with Crippen LogP contribution < -0.4 is 5.32 Å². The molecule has 0 unspecified atom stereocenters. The number of para-hydroxylation sites is 1. The SMILES string of the molecule is CNc1ccccc1S(=O)(=O)N(C)Cc1ccc(F)cc1. The van der Waals surface area contributed by atoms with Gasteiger partial charge < -0.3 is 5.32 Å². The van der Waals surface area contributed by atoms with Gasteiger partial charge in [-0.15, -0.1) is 0 Å². The van der Waals surface area contributed by atoms with E-state index in [1.54, 1.807) is 43.4 Å². The van der Waals surface area contributed by atoms with E-state index in [4.69, 9.17) is 0 Å². The molecular formula is C15H17FN2O2S. The van der Waals surface area contributed by atoms with E-state index >= 15 is 0 Å². The van der Waals surface area contributed by atoms with Crippen LogP contribution in [0.15, 0.2) is 53.4 Å². The van der Waals surface area contributed by atoms with Gasteiger partial charge in [-0.3, -0.25) is 0 Å². The maximum Gasteiger partial charge on any atom is 0.245 e. The van der Waals surface area contributed by atoms with Crippen LogP contribution >= 0.6 is 0 Å². The first-order valence-electron chi connectivity index (χ1n) is 6.42. The van der Waals surface area contributed by atoms with Crippen molar-refractivity contribution in [1.29, 1.82) is 0 Å². The van der Waals surface area contributed by atoms with Crippen LogP contribution in [-0.4, -0.2) is 26.8 Å². The third-order valence-electron chi connectivity index (χ3n) is 3.16. The zero-order chi connectivity index (χ0) is 15.5. The van der Waals surface area contributed by atoms with Crippen molar-refractivity contribution in [3.8, 4) is 0 Å². The molecule has 6 heteroatoms. The van der Waals surface area contributed by atoms with Crippen molar-refractivity contribution in [1.82, 2.24) is 4.31 Å². The molecule has 112 valence electrons. The van der Waals surface area contributed by atoms with Crippen LogP contribution in [0.5, 0.6) is 0 Å². The average molecular weight is 308 g/mol. The van der Waals surface area contributed by atoms with Crippen LogP contribution in [0, 0.1) is 5.82 Å². The maximum absolute atomic E-state index is 12.9. The Hall–Kier alpha value is -1.92. The minimum atomic E-state index is -3.61. The maximum atomic E-state index is 12.9. The largest absolute Gasteiger partial charge is 0.387 e. The molecule has 21 heavy (non-hydrogen) atoms. The average Bonchev–Trinajstić information content (AvgIpc) is 2.49. The van der Waals surface area contributed by atoms with Crippen LogP contribution in [-0.2, 0) is 16.6 Å². The predicted molar refractivity (Wildman–Crippen MR) is 81.0 cm³/mol. The smallest absolute Gasteiger partial charge is 0.245 e. The number of anilines is 1. The first-order valence-corrected chi connectivity index (χ1v) is 7.86. The third kappa shape index (κ3) is 3.40. The predicted octanol–water partition coefficient (Wildman–Crippen LogP) is 2.69. The van der Waals surface area contributed by atoms with Gasteiger partial charge in [-0.2, -0.15) is 4.31 Å². The number of halogens is 1. The molecule has 0 amide bonds. The van der Waals surface area contributed by atoms with Gasteiger partial charge in [-0.05, 0) is 29.8 Å². The molecule has 0 aliphatic rings. The van der Waals surface area contributed by atoms with Gasteiger partial charge in [0.05, 0.1) is 5.69 Å². The van der Waals surface area contributed by atoms with Crippen LogP contribution in [0.2, 0.25) is 0 Å². The molecule has 0 saturated heterocycles. The summed E-state index contributed by atoms with van der Waals surface area (Å²) in [5.41, 5.74) is 1.27. The van der Waals surface area contributed by atoms with Crippen LogP contribution in [0.25, 0.3) is 0 Å². The number of hydrogen-bond acceptors (Lipinski definition) is 3. The lowest BCUT2D eigenvalue weighted by molar-refractivity contribution is 0.466. The molecule has 2 aromatic rings. The first kappa shape index (κ1) is 15.5. The summed E-state index contributed by atoms with van der Waals surface area (Å²) in [5, 5.41) is 2.87. The minimum absolute atomic E-state index is 0.181. The number of hydrogen-bond donors (Lipinski definition) is 1. The Bertz CT molecular complexity index is 715. The highest BCUT2D eigenvalue weighted by molar-refractivity contribution is 7.89. The van der Waals surface area contributed by atoms with Crippen molar-refractivity contribution in [3.05, 3.63) is 59.9 Å². The number of rotatable bonds is 5. The zero-order valence-electron chi connectivity index (χ0n) is 11.9. The van der Waals surface area contributed by atoms with Crippen molar-refractivity contribution in [2.24, 2.45) is 0 Å². The normalized spacial score (nSPS) is 11.6. The molecule has 0 radical (unpaired) electrons. The van der Waals surface area contributed by atoms with E-state index in [-0.39, 0.29) is 17.3 Å². The highest BCUT2D eigenvalue weighted by Gasteiger charge is 2.23. The van der Waals surface area contributed by atoms with Gasteiger partial charge in [0.1, 0.15) is 10.7 Å². The summed E-state index contributed by atoms with van der Waals surface area (Å²) in [6.45, 7) is 0.181. The lowest BCUT2D eigenvalue weighted by Gasteiger charge is -2.19. The van der Waals surface area contributed by atoms with E-state index < -0.39 is 10.0 Å². The van der Waals surface area contributed by atoms with Gasteiger partial charge in [-0.25, -0.2) is 12.8 Å². The van der Waals surface area contributed by atoms with E-state index in [0.29, 0.717) is 5.69 Å². The van der Waals surface area contributed by atoms with E-state index in [9.17, 15) is 12.8 Å². The van der Waals surface area contributed by atoms with Crippen LogP contribution in [0.1, 0.15) is 5.56 Å². The van der Waals surface area contributed by atoms with Gasteiger partial charge in [-0.1, -0.05) is 24.3 Å². The van der Waals surface area contributed by atoms with Gasteiger partial charge in [0.15, 0.2) is 0 Å². The Morgan fingerprint density at radius 3 is 2.33 bits per heavy atom. The Morgan fingerprint density at radius 2 is 1.71 bits per heavy atom. The zero-order valence-corrected chi connectivity index (χ0v) is 12.7. The monoisotopic (exact) mass is 308 g/mol. The molecule has 0 aliphatic carbocycles. The molecule has 0 aromatic heterocycles. The summed E-state index contributed by atoms with van der Waals surface area (Å²) < 4.78 is 39.3. The number of benzene rings is 2. The molecule has 0 heterocycles. The number of nitrogens with one attached hydrogen (secondary N) is 1. The molecule has 0 fully saturated rings. The summed E-state index contributed by atoms with van der Waals surface area (Å²) in [6.07, 6.45) is 0. The second-order valence-electron chi connectivity index (χ2n) is 4.63. The molecule has 0 spiro atoms. The first-order chi connectivity index (χ1) is 9.95. The fourth-order valence-electron chi connectivity index (χ4n) is 2.00. The molecule has 2 aromatic carbocycles. The number of nitrogens with zero attached hydrogens (tertiary/aromatic N) is 1. The summed E-state index contributed by atoms with van der Waals surface area (Å²) in [5.74, 6) is -0.343. The van der Waals surface area contributed by atoms with Gasteiger partial charge in [0, 0.05) is 20.6 Å². The van der Waals surface area contributed by atoms with Crippen molar-refractivity contribution >= 4 is 15.7 Å². The van der Waals surface area contributed by atoms with Gasteiger partial charge in [0.25, 0.3) is 0 Å². The lowest BCUT2D eigenvalue weighted by atomic mass is 10.2. The van der Waals surface area contributed by atoms with Crippen molar-refractivity contribution in [2.45, 2.75) is 11.4 Å². The van der Waals surface area contributed by atoms with E-state index in [1.807, 2.05) is 0 Å². The lowest BCUT2D eigenvalue weighted by Crippen LogP contribution is -2.27. The second-order valence-corrected chi connectivity index (χ2v) is 6.65. The Balaban J connectivity index is 2.28. The molecule has 0 atom stereocenters. The highest BCUT2D eigenvalue weighted by atomic mass is 32.2. The summed E-state index contributed by atoms with van der Waals surface area (Å²) >= 11 is 0. The molecule has 0 bridgehead atoms. The molecule has 1 N–H and O–H groups in total. The molecule has 0 saturated carbocycles. The van der Waals surface area contributed by atoms with Crippen molar-refractivity contribution < 1.29 is 12.8 Å². The van der Waals surface area contributed by atoms with Crippen molar-refractivity contribution in [3.63, 3.8) is 0 Å². The highest BCUT2D eigenvalue weighted by Crippen LogP contribution is 2.24. The van der Waals surface area contributed by atoms with Gasteiger partial charge in [0.2, 0.25) is 10.0 Å². The van der Waals surface area contributed by atoms with Crippen LogP contribution in [0.4, 0.5) is 10.1 Å². The molecule has 0 aliphatic heterocycles. The summed E-state index contributed by atoms with van der Waals surface area (Å²) in [4.78, 5) is 0.220. The molecular weight excluding hydrogens is 291 g/mol. The Labute approximate surface area is 124 Å². The van der Waals surface area contributed by atoms with Gasteiger partial charge >= 0.3 is 0 Å². The van der Waals surface area contributed by atoms with Crippen molar-refractivity contribution in [2.75, 3.05) is 19.4 Å². The quantitative estimate of drug-likeness (QED) is 0.924. The summed E-state index contributed by atoms with van der Waals surface area (Å²) in [6, 6.07) is 12.5. The fraction of sp³-hybridized carbons (Fsp3) is 0.200. The fourth-order valence-corrected chi connectivity index (χ4v) is 3.35. The van der Waals surface area contributed by atoms with E-state index in [1.165, 1.54) is 23.5 Å². The summed E-state index contributed by atoms with van der Waals surface area (Å²) in [7, 11) is -0.433. The Kier molecular flexibility index (Phi) is 4.59. The van der Waals surface area contributed by atoms with E-state index in [0.717, 1.165) is 5.56 Å². The third-order valence-corrected chi connectivity index (χ3v) is 5.02. The minimum Gasteiger partial charge on any atom is -0.387 e. The standard InChI is InChI=1S/C15H17FN2O2S/c1-17-14-5-3-4-6-15(14)21(19,20)18(2)11-12-7-9-13(16)10-8-12/h3-10,17H,11H2,1-2H3. The second kappa shape index (κ2) is 6.24.